The van der Waals surface area contributed by atoms with Crippen molar-refractivity contribution >= 4 is 5.97 Å². The molecule has 5 nitrogen and oxygen atoms in total. The molecule has 1 aromatic carbocycles. The van der Waals surface area contributed by atoms with Gasteiger partial charge < -0.3 is 5.11 Å². The van der Waals surface area contributed by atoms with Crippen molar-refractivity contribution in [1.82, 2.24) is 10.2 Å². The first kappa shape index (κ1) is 17.6. The summed E-state index contributed by atoms with van der Waals surface area (Å²) in [5, 5.41) is 15.2. The number of carboxylic acids is 1. The molecule has 22 heavy (non-hydrogen) atoms. The highest BCUT2D eigenvalue weighted by molar-refractivity contribution is 5.88. The van der Waals surface area contributed by atoms with Crippen LogP contribution in [0, 0.1) is 19.7 Å². The maximum absolute atomic E-state index is 13.3. The molecular formula is C16H19FN2O3. The van der Waals surface area contributed by atoms with Crippen LogP contribution in [0.3, 0.4) is 0 Å². The number of aromatic carboxylic acids is 1. The van der Waals surface area contributed by atoms with E-state index in [-0.39, 0.29) is 11.1 Å². The van der Waals surface area contributed by atoms with Gasteiger partial charge in [-0.15, -0.1) is 0 Å². The lowest BCUT2D eigenvalue weighted by atomic mass is 10.0. The molecule has 6 heteroatoms. The normalized spacial score (nSPS) is 9.86. The molecule has 0 spiro atoms. The van der Waals surface area contributed by atoms with Crippen LogP contribution in [0.1, 0.15) is 46.6 Å². The SMILES string of the molecule is CC.Cc1c(Cc2ccc(F)c(C(=O)O)c2)n[nH]c(=O)c1C. The van der Waals surface area contributed by atoms with Gasteiger partial charge in [0.1, 0.15) is 5.82 Å². The zero-order valence-corrected chi connectivity index (χ0v) is 13.0. The second kappa shape index (κ2) is 7.49. The Morgan fingerprint density at radius 3 is 2.50 bits per heavy atom. The van der Waals surface area contributed by atoms with Gasteiger partial charge in [-0.2, -0.15) is 5.10 Å². The zero-order valence-electron chi connectivity index (χ0n) is 13.0. The number of hydrogen-bond acceptors (Lipinski definition) is 3. The summed E-state index contributed by atoms with van der Waals surface area (Å²) in [5.74, 6) is -2.09. The maximum atomic E-state index is 13.3. The Labute approximate surface area is 127 Å². The second-order valence-electron chi connectivity index (χ2n) is 4.55. The molecule has 0 saturated heterocycles. The number of aromatic nitrogens is 2. The van der Waals surface area contributed by atoms with Gasteiger partial charge in [-0.25, -0.2) is 14.3 Å². The van der Waals surface area contributed by atoms with Gasteiger partial charge in [0.25, 0.3) is 5.56 Å². The largest absolute Gasteiger partial charge is 0.478 e. The van der Waals surface area contributed by atoms with Gasteiger partial charge in [-0.3, -0.25) is 4.79 Å². The number of aromatic amines is 1. The van der Waals surface area contributed by atoms with Gasteiger partial charge in [0.15, 0.2) is 0 Å². The molecule has 0 saturated carbocycles. The van der Waals surface area contributed by atoms with Crippen LogP contribution in [-0.4, -0.2) is 21.3 Å². The first-order valence-electron chi connectivity index (χ1n) is 6.96. The van der Waals surface area contributed by atoms with Crippen LogP contribution in [0.15, 0.2) is 23.0 Å². The molecule has 2 rings (SSSR count). The van der Waals surface area contributed by atoms with Gasteiger partial charge in [0.05, 0.1) is 11.3 Å². The average Bonchev–Trinajstić information content (AvgIpc) is 2.51. The van der Waals surface area contributed by atoms with Crippen molar-refractivity contribution in [3.63, 3.8) is 0 Å². The fraction of sp³-hybridized carbons (Fsp3) is 0.312. The van der Waals surface area contributed by atoms with Crippen LogP contribution < -0.4 is 5.56 Å². The van der Waals surface area contributed by atoms with E-state index in [1.807, 2.05) is 13.8 Å². The molecular weight excluding hydrogens is 287 g/mol. The van der Waals surface area contributed by atoms with Crippen molar-refractivity contribution in [2.24, 2.45) is 0 Å². The number of carboxylic acid groups (broad SMARTS) is 1. The molecule has 0 aliphatic rings. The third-order valence-corrected chi connectivity index (χ3v) is 3.26. The molecule has 2 N–H and O–H groups in total. The Hall–Kier alpha value is -2.50. The number of rotatable bonds is 3. The molecule has 0 atom stereocenters. The molecule has 2 aromatic rings. The summed E-state index contributed by atoms with van der Waals surface area (Å²) in [6.07, 6.45) is 0.323. The summed E-state index contributed by atoms with van der Waals surface area (Å²) in [6, 6.07) is 3.90. The van der Waals surface area contributed by atoms with Crippen LogP contribution in [0.5, 0.6) is 0 Å². The molecule has 118 valence electrons. The topological polar surface area (TPSA) is 83.0 Å². The van der Waals surface area contributed by atoms with E-state index in [0.717, 1.165) is 11.6 Å². The van der Waals surface area contributed by atoms with Crippen LogP contribution in [0.2, 0.25) is 0 Å². The standard InChI is InChI=1S/C14H13FN2O3.C2H6/c1-7-8(2)13(18)17-16-12(7)6-9-3-4-11(15)10(5-9)14(19)20;1-2/h3-5H,6H2,1-2H3,(H,17,18)(H,19,20);1-2H3. The summed E-state index contributed by atoms with van der Waals surface area (Å²) in [5.41, 5.74) is 1.93. The Kier molecular flexibility index (Phi) is 5.98. The highest BCUT2D eigenvalue weighted by Gasteiger charge is 2.13. The average molecular weight is 306 g/mol. The number of benzene rings is 1. The number of H-pyrrole nitrogens is 1. The highest BCUT2D eigenvalue weighted by Crippen LogP contribution is 2.15. The Morgan fingerprint density at radius 2 is 1.91 bits per heavy atom. The van der Waals surface area contributed by atoms with Crippen molar-refractivity contribution in [3.05, 3.63) is 62.3 Å². The Morgan fingerprint density at radius 1 is 1.27 bits per heavy atom. The van der Waals surface area contributed by atoms with E-state index in [4.69, 9.17) is 5.11 Å². The van der Waals surface area contributed by atoms with E-state index in [1.54, 1.807) is 13.8 Å². The van der Waals surface area contributed by atoms with Crippen molar-refractivity contribution in [2.45, 2.75) is 34.1 Å². The number of nitrogens with zero attached hydrogens (tertiary/aromatic N) is 1. The molecule has 0 radical (unpaired) electrons. The summed E-state index contributed by atoms with van der Waals surface area (Å²) in [6.45, 7) is 7.46. The van der Waals surface area contributed by atoms with Gasteiger partial charge in [-0.1, -0.05) is 19.9 Å². The number of nitrogens with one attached hydrogen (secondary N) is 1. The predicted molar refractivity (Wildman–Crippen MR) is 81.8 cm³/mol. The molecule has 1 heterocycles. The van der Waals surface area contributed by atoms with E-state index < -0.39 is 11.8 Å². The Balaban J connectivity index is 0.00000116. The van der Waals surface area contributed by atoms with Crippen LogP contribution in [0.4, 0.5) is 4.39 Å². The predicted octanol–water partition coefficient (Wildman–Crippen LogP) is 2.84. The summed E-state index contributed by atoms with van der Waals surface area (Å²) in [7, 11) is 0. The number of halogens is 1. The molecule has 0 unspecified atom stereocenters. The van der Waals surface area contributed by atoms with Crippen molar-refractivity contribution in [1.29, 1.82) is 0 Å². The van der Waals surface area contributed by atoms with Crippen molar-refractivity contribution in [3.8, 4) is 0 Å². The minimum absolute atomic E-state index is 0.253. The van der Waals surface area contributed by atoms with E-state index in [1.165, 1.54) is 12.1 Å². The quantitative estimate of drug-likeness (QED) is 0.913. The van der Waals surface area contributed by atoms with E-state index in [2.05, 4.69) is 10.2 Å². The molecule has 0 aliphatic carbocycles. The minimum atomic E-state index is -1.31. The summed E-state index contributed by atoms with van der Waals surface area (Å²) in [4.78, 5) is 22.3. The van der Waals surface area contributed by atoms with Crippen molar-refractivity contribution in [2.75, 3.05) is 0 Å². The van der Waals surface area contributed by atoms with Crippen LogP contribution in [-0.2, 0) is 6.42 Å². The fourth-order valence-corrected chi connectivity index (χ4v) is 1.88. The highest BCUT2D eigenvalue weighted by atomic mass is 19.1. The summed E-state index contributed by atoms with van der Waals surface area (Å²) >= 11 is 0. The smallest absolute Gasteiger partial charge is 0.338 e. The second-order valence-corrected chi connectivity index (χ2v) is 4.55. The zero-order chi connectivity index (χ0) is 16.9. The fourth-order valence-electron chi connectivity index (χ4n) is 1.88. The molecule has 0 fully saturated rings. The van der Waals surface area contributed by atoms with Crippen LogP contribution >= 0.6 is 0 Å². The van der Waals surface area contributed by atoms with E-state index >= 15 is 0 Å². The van der Waals surface area contributed by atoms with Gasteiger partial charge in [-0.05, 0) is 37.1 Å². The first-order valence-corrected chi connectivity index (χ1v) is 6.96. The molecule has 0 amide bonds. The number of carbonyl (C=O) groups is 1. The number of hydrogen-bond donors (Lipinski definition) is 2. The molecule has 0 bridgehead atoms. The first-order chi connectivity index (χ1) is 10.4. The van der Waals surface area contributed by atoms with Gasteiger partial charge in [0, 0.05) is 12.0 Å². The third kappa shape index (κ3) is 3.78. The third-order valence-electron chi connectivity index (χ3n) is 3.26. The van der Waals surface area contributed by atoms with E-state index in [9.17, 15) is 14.0 Å². The van der Waals surface area contributed by atoms with Gasteiger partial charge in [0.2, 0.25) is 0 Å². The summed E-state index contributed by atoms with van der Waals surface area (Å²) < 4.78 is 13.3. The Bertz CT molecular complexity index is 739. The maximum Gasteiger partial charge on any atom is 0.338 e. The monoisotopic (exact) mass is 306 g/mol. The van der Waals surface area contributed by atoms with E-state index in [0.29, 0.717) is 23.2 Å². The van der Waals surface area contributed by atoms with Gasteiger partial charge >= 0.3 is 5.97 Å². The lowest BCUT2D eigenvalue weighted by Crippen LogP contribution is -2.16. The lowest BCUT2D eigenvalue weighted by Gasteiger charge is -2.07. The minimum Gasteiger partial charge on any atom is -0.478 e. The molecule has 0 aliphatic heterocycles. The lowest BCUT2D eigenvalue weighted by molar-refractivity contribution is 0.0691. The van der Waals surface area contributed by atoms with Crippen LogP contribution in [0.25, 0.3) is 0 Å². The molecule has 1 aromatic heterocycles. The van der Waals surface area contributed by atoms with Crippen molar-refractivity contribution < 1.29 is 14.3 Å².